The highest BCUT2D eigenvalue weighted by Crippen LogP contribution is 2.14. The summed E-state index contributed by atoms with van der Waals surface area (Å²) in [4.78, 5) is 32.5. The van der Waals surface area contributed by atoms with E-state index in [4.69, 9.17) is 5.73 Å². The molecular formula is C10H17N5O2. The number of carbonyl (C=O) groups is 1. The standard InChI is InChI=1S/C10H17N5O2/c1-4-15(5-7(16)14(2)3)9-8(11)10(17)13-6-12-9/h6H,4-5,11H2,1-3H3,(H,12,13,17). The van der Waals surface area contributed by atoms with Gasteiger partial charge in [-0.3, -0.25) is 9.59 Å². The number of nitrogens with one attached hydrogen (secondary N) is 1. The Labute approximate surface area is 99.2 Å². The first-order valence-corrected chi connectivity index (χ1v) is 5.25. The van der Waals surface area contributed by atoms with E-state index in [0.717, 1.165) is 0 Å². The predicted molar refractivity (Wildman–Crippen MR) is 65.9 cm³/mol. The van der Waals surface area contributed by atoms with Crippen molar-refractivity contribution in [2.75, 3.05) is 37.8 Å². The Morgan fingerprint density at radius 1 is 1.53 bits per heavy atom. The van der Waals surface area contributed by atoms with Crippen molar-refractivity contribution in [2.45, 2.75) is 6.92 Å². The molecule has 1 heterocycles. The van der Waals surface area contributed by atoms with Crippen LogP contribution in [0.15, 0.2) is 11.1 Å². The van der Waals surface area contributed by atoms with E-state index in [0.29, 0.717) is 12.4 Å². The highest BCUT2D eigenvalue weighted by molar-refractivity contribution is 5.81. The molecule has 1 rings (SSSR count). The summed E-state index contributed by atoms with van der Waals surface area (Å²) < 4.78 is 0. The van der Waals surface area contributed by atoms with E-state index < -0.39 is 5.56 Å². The molecule has 0 aliphatic heterocycles. The molecule has 0 aliphatic carbocycles. The summed E-state index contributed by atoms with van der Waals surface area (Å²) in [6.45, 7) is 2.55. The van der Waals surface area contributed by atoms with Gasteiger partial charge in [-0.2, -0.15) is 0 Å². The van der Waals surface area contributed by atoms with Crippen LogP contribution < -0.4 is 16.2 Å². The summed E-state index contributed by atoms with van der Waals surface area (Å²) in [6, 6.07) is 0. The molecule has 0 atom stereocenters. The Bertz CT molecular complexity index is 454. The molecule has 0 aliphatic rings. The monoisotopic (exact) mass is 239 g/mol. The fourth-order valence-electron chi connectivity index (χ4n) is 1.29. The number of carbonyl (C=O) groups excluding carboxylic acids is 1. The number of amides is 1. The van der Waals surface area contributed by atoms with Crippen molar-refractivity contribution in [3.05, 3.63) is 16.7 Å². The third-order valence-electron chi connectivity index (χ3n) is 2.37. The normalized spacial score (nSPS) is 10.1. The molecule has 0 saturated carbocycles. The van der Waals surface area contributed by atoms with Crippen LogP contribution in [0.3, 0.4) is 0 Å². The Morgan fingerprint density at radius 2 is 2.18 bits per heavy atom. The minimum Gasteiger partial charge on any atom is -0.391 e. The zero-order valence-electron chi connectivity index (χ0n) is 10.2. The van der Waals surface area contributed by atoms with E-state index >= 15 is 0 Å². The van der Waals surface area contributed by atoms with Crippen LogP contribution in [0.1, 0.15) is 6.92 Å². The van der Waals surface area contributed by atoms with Gasteiger partial charge in [-0.25, -0.2) is 4.98 Å². The Hall–Kier alpha value is -2.05. The number of likely N-dealkylation sites (N-methyl/N-ethyl adjacent to an activating group) is 2. The highest BCUT2D eigenvalue weighted by atomic mass is 16.2. The Kier molecular flexibility index (Phi) is 4.08. The third-order valence-corrected chi connectivity index (χ3v) is 2.37. The summed E-state index contributed by atoms with van der Waals surface area (Å²) in [5, 5.41) is 0. The first kappa shape index (κ1) is 13.0. The lowest BCUT2D eigenvalue weighted by Gasteiger charge is -2.23. The Morgan fingerprint density at radius 3 is 2.71 bits per heavy atom. The molecule has 7 heteroatoms. The highest BCUT2D eigenvalue weighted by Gasteiger charge is 2.16. The van der Waals surface area contributed by atoms with Crippen LogP contribution in [0.5, 0.6) is 0 Å². The van der Waals surface area contributed by atoms with Gasteiger partial charge in [0.2, 0.25) is 5.91 Å². The molecular weight excluding hydrogens is 222 g/mol. The molecule has 94 valence electrons. The summed E-state index contributed by atoms with van der Waals surface area (Å²) in [5.41, 5.74) is 5.27. The minimum atomic E-state index is -0.397. The number of nitrogen functional groups attached to an aromatic ring is 1. The quantitative estimate of drug-likeness (QED) is 0.722. The van der Waals surface area contributed by atoms with Crippen LogP contribution in [0.2, 0.25) is 0 Å². The molecule has 0 spiro atoms. The van der Waals surface area contributed by atoms with Crippen LogP contribution in [-0.4, -0.2) is 48.0 Å². The van der Waals surface area contributed by atoms with Gasteiger partial charge >= 0.3 is 0 Å². The van der Waals surface area contributed by atoms with Crippen molar-refractivity contribution in [1.29, 1.82) is 0 Å². The van der Waals surface area contributed by atoms with Gasteiger partial charge in [0.05, 0.1) is 12.9 Å². The summed E-state index contributed by atoms with van der Waals surface area (Å²) in [7, 11) is 3.34. The van der Waals surface area contributed by atoms with Crippen molar-refractivity contribution in [2.24, 2.45) is 0 Å². The van der Waals surface area contributed by atoms with Crippen LogP contribution in [0, 0.1) is 0 Å². The second-order valence-corrected chi connectivity index (χ2v) is 3.77. The third kappa shape index (κ3) is 2.96. The van der Waals surface area contributed by atoms with Gasteiger partial charge in [0, 0.05) is 20.6 Å². The number of aromatic nitrogens is 2. The van der Waals surface area contributed by atoms with Gasteiger partial charge in [0.25, 0.3) is 5.56 Å². The number of anilines is 2. The fourth-order valence-corrected chi connectivity index (χ4v) is 1.29. The lowest BCUT2D eigenvalue weighted by molar-refractivity contribution is -0.127. The maximum absolute atomic E-state index is 11.6. The molecule has 0 bridgehead atoms. The van der Waals surface area contributed by atoms with E-state index in [2.05, 4.69) is 9.97 Å². The SMILES string of the molecule is CCN(CC(=O)N(C)C)c1nc[nH]c(=O)c1N. The number of hydrogen-bond donors (Lipinski definition) is 2. The van der Waals surface area contributed by atoms with Crippen LogP contribution >= 0.6 is 0 Å². The minimum absolute atomic E-state index is 0.0286. The van der Waals surface area contributed by atoms with Gasteiger partial charge in [-0.1, -0.05) is 0 Å². The van der Waals surface area contributed by atoms with Crippen molar-refractivity contribution in [3.63, 3.8) is 0 Å². The van der Waals surface area contributed by atoms with E-state index in [-0.39, 0.29) is 18.1 Å². The molecule has 1 aromatic heterocycles. The second kappa shape index (κ2) is 5.33. The molecule has 0 aromatic carbocycles. The van der Waals surface area contributed by atoms with Gasteiger partial charge in [-0.05, 0) is 6.92 Å². The Balaban J connectivity index is 2.98. The summed E-state index contributed by atoms with van der Waals surface area (Å²) >= 11 is 0. The molecule has 1 aromatic rings. The van der Waals surface area contributed by atoms with Crippen molar-refractivity contribution in [1.82, 2.24) is 14.9 Å². The predicted octanol–water partition coefficient (Wildman–Crippen LogP) is -0.733. The van der Waals surface area contributed by atoms with Crippen LogP contribution in [0.25, 0.3) is 0 Å². The second-order valence-electron chi connectivity index (χ2n) is 3.77. The molecule has 0 saturated heterocycles. The molecule has 17 heavy (non-hydrogen) atoms. The number of aromatic amines is 1. The number of H-pyrrole nitrogens is 1. The average molecular weight is 239 g/mol. The molecule has 3 N–H and O–H groups in total. The van der Waals surface area contributed by atoms with Crippen molar-refractivity contribution < 1.29 is 4.79 Å². The van der Waals surface area contributed by atoms with E-state index in [9.17, 15) is 9.59 Å². The first-order chi connectivity index (χ1) is 7.97. The summed E-state index contributed by atoms with van der Waals surface area (Å²) in [5.74, 6) is 0.264. The largest absolute Gasteiger partial charge is 0.391 e. The smallest absolute Gasteiger partial charge is 0.276 e. The molecule has 7 nitrogen and oxygen atoms in total. The maximum Gasteiger partial charge on any atom is 0.276 e. The van der Waals surface area contributed by atoms with Gasteiger partial charge in [-0.15, -0.1) is 0 Å². The topological polar surface area (TPSA) is 95.3 Å². The number of nitrogens with two attached hydrogens (primary N) is 1. The summed E-state index contributed by atoms with van der Waals surface area (Å²) in [6.07, 6.45) is 1.27. The number of nitrogens with zero attached hydrogens (tertiary/aromatic N) is 3. The molecule has 0 unspecified atom stereocenters. The van der Waals surface area contributed by atoms with E-state index in [1.54, 1.807) is 19.0 Å². The van der Waals surface area contributed by atoms with Gasteiger partial charge in [0.1, 0.15) is 5.69 Å². The van der Waals surface area contributed by atoms with Gasteiger partial charge in [0.15, 0.2) is 5.82 Å². The van der Waals surface area contributed by atoms with Crippen LogP contribution in [-0.2, 0) is 4.79 Å². The number of hydrogen-bond acceptors (Lipinski definition) is 5. The lowest BCUT2D eigenvalue weighted by Crippen LogP contribution is -2.38. The first-order valence-electron chi connectivity index (χ1n) is 5.25. The number of rotatable bonds is 4. The van der Waals surface area contributed by atoms with Crippen molar-refractivity contribution >= 4 is 17.4 Å². The average Bonchev–Trinajstić information content (AvgIpc) is 2.29. The van der Waals surface area contributed by atoms with Crippen LogP contribution in [0.4, 0.5) is 11.5 Å². The zero-order valence-corrected chi connectivity index (χ0v) is 10.2. The van der Waals surface area contributed by atoms with E-state index in [1.165, 1.54) is 11.2 Å². The van der Waals surface area contributed by atoms with E-state index in [1.807, 2.05) is 6.92 Å². The molecule has 0 fully saturated rings. The maximum atomic E-state index is 11.6. The molecule has 1 amide bonds. The zero-order chi connectivity index (χ0) is 13.0. The van der Waals surface area contributed by atoms with Gasteiger partial charge < -0.3 is 20.5 Å². The fraction of sp³-hybridized carbons (Fsp3) is 0.500. The molecule has 0 radical (unpaired) electrons. The van der Waals surface area contributed by atoms with Crippen molar-refractivity contribution in [3.8, 4) is 0 Å². The lowest BCUT2D eigenvalue weighted by atomic mass is 10.4.